The molecule has 2 nitrogen and oxygen atoms in total. The van der Waals surface area contributed by atoms with Gasteiger partial charge in [-0.15, -0.1) is 0 Å². The first-order valence-corrected chi connectivity index (χ1v) is 4.36. The molecule has 0 spiro atoms. The van der Waals surface area contributed by atoms with Crippen LogP contribution in [0.15, 0.2) is 0 Å². The molecule has 1 unspecified atom stereocenters. The average Bonchev–Trinajstić information content (AvgIpc) is 2.12. The van der Waals surface area contributed by atoms with Gasteiger partial charge in [-0.1, -0.05) is 6.92 Å². The molecule has 0 bridgehead atoms. The van der Waals surface area contributed by atoms with Crippen molar-refractivity contribution in [2.24, 2.45) is 0 Å². The maximum atomic E-state index is 12.4. The summed E-state index contributed by atoms with van der Waals surface area (Å²) in [7, 11) is 1.64. The van der Waals surface area contributed by atoms with Crippen LogP contribution in [0, 0.1) is 0 Å². The fraction of sp³-hybridized carbons (Fsp3) is 1.00. The Morgan fingerprint density at radius 2 is 1.93 bits per heavy atom. The highest BCUT2D eigenvalue weighted by atomic mass is 19.3. The second-order valence-electron chi connectivity index (χ2n) is 2.96. The lowest BCUT2D eigenvalue weighted by atomic mass is 10.2. The minimum absolute atomic E-state index is 0.371. The van der Waals surface area contributed by atoms with Gasteiger partial charge in [0.1, 0.15) is 6.61 Å². The second kappa shape index (κ2) is 6.19. The summed E-state index contributed by atoms with van der Waals surface area (Å²) in [6.07, 6.45) is -3.63. The predicted octanol–water partition coefficient (Wildman–Crippen LogP) is 1.90. The van der Waals surface area contributed by atoms with Gasteiger partial charge >= 0.3 is 12.3 Å². The number of ether oxygens (including phenoxy) is 1. The van der Waals surface area contributed by atoms with E-state index in [9.17, 15) is 17.6 Å². The van der Waals surface area contributed by atoms with Gasteiger partial charge < -0.3 is 10.1 Å². The molecule has 0 saturated carbocycles. The fourth-order valence-corrected chi connectivity index (χ4v) is 0.841. The fourth-order valence-electron chi connectivity index (χ4n) is 0.841. The van der Waals surface area contributed by atoms with Crippen molar-refractivity contribution in [2.45, 2.75) is 31.8 Å². The van der Waals surface area contributed by atoms with Crippen molar-refractivity contribution in [2.75, 3.05) is 20.2 Å². The summed E-state index contributed by atoms with van der Waals surface area (Å²) >= 11 is 0. The van der Waals surface area contributed by atoms with E-state index < -0.39 is 25.1 Å². The van der Waals surface area contributed by atoms with Crippen LogP contribution >= 0.6 is 0 Å². The largest absolute Gasteiger partial charge is 0.370 e. The highest BCUT2D eigenvalue weighted by Crippen LogP contribution is 2.23. The molecule has 0 heterocycles. The number of rotatable bonds is 7. The third-order valence-corrected chi connectivity index (χ3v) is 1.72. The van der Waals surface area contributed by atoms with Crippen molar-refractivity contribution in [3.63, 3.8) is 0 Å². The summed E-state index contributed by atoms with van der Waals surface area (Å²) in [5.74, 6) is -4.05. The molecule has 0 saturated heterocycles. The van der Waals surface area contributed by atoms with Gasteiger partial charge in [-0.25, -0.2) is 8.78 Å². The number of hydrogen-bond donors (Lipinski definition) is 1. The summed E-state index contributed by atoms with van der Waals surface area (Å²) in [6.45, 7) is 0.878. The quantitative estimate of drug-likeness (QED) is 0.657. The number of halogens is 4. The van der Waals surface area contributed by atoms with E-state index in [0.717, 1.165) is 0 Å². The van der Waals surface area contributed by atoms with Crippen LogP contribution in [0.4, 0.5) is 17.6 Å². The molecule has 0 aromatic heterocycles. The van der Waals surface area contributed by atoms with Gasteiger partial charge in [-0.3, -0.25) is 0 Å². The summed E-state index contributed by atoms with van der Waals surface area (Å²) in [6, 6.07) is 0. The Bertz CT molecular complexity index is 154. The Morgan fingerprint density at radius 3 is 2.29 bits per heavy atom. The van der Waals surface area contributed by atoms with Crippen molar-refractivity contribution in [3.8, 4) is 0 Å². The first kappa shape index (κ1) is 13.6. The zero-order valence-corrected chi connectivity index (χ0v) is 8.20. The maximum absolute atomic E-state index is 12.4. The lowest BCUT2D eigenvalue weighted by Gasteiger charge is -2.20. The van der Waals surface area contributed by atoms with E-state index >= 15 is 0 Å². The SMILES string of the molecule is CCC(CNC)OCC(F)(F)C(F)F. The van der Waals surface area contributed by atoms with Crippen LogP contribution < -0.4 is 5.32 Å². The molecule has 0 radical (unpaired) electrons. The van der Waals surface area contributed by atoms with Crippen LogP contribution in [0.25, 0.3) is 0 Å². The molecule has 0 amide bonds. The van der Waals surface area contributed by atoms with E-state index in [1.807, 2.05) is 0 Å². The summed E-state index contributed by atoms with van der Waals surface area (Å²) in [5.41, 5.74) is 0. The number of likely N-dealkylation sites (N-methyl/N-ethyl adjacent to an activating group) is 1. The minimum atomic E-state index is -4.05. The van der Waals surface area contributed by atoms with E-state index in [-0.39, 0.29) is 0 Å². The number of hydrogen-bond acceptors (Lipinski definition) is 2. The van der Waals surface area contributed by atoms with Gasteiger partial charge in [-0.05, 0) is 13.5 Å². The van der Waals surface area contributed by atoms with E-state index in [4.69, 9.17) is 0 Å². The van der Waals surface area contributed by atoms with Crippen molar-refractivity contribution in [1.29, 1.82) is 0 Å². The highest BCUT2D eigenvalue weighted by molar-refractivity contribution is 4.69. The Labute approximate surface area is 80.6 Å². The third kappa shape index (κ3) is 4.76. The first-order valence-electron chi connectivity index (χ1n) is 4.36. The summed E-state index contributed by atoms with van der Waals surface area (Å²) in [4.78, 5) is 0. The Morgan fingerprint density at radius 1 is 1.36 bits per heavy atom. The minimum Gasteiger partial charge on any atom is -0.370 e. The number of alkyl halides is 4. The van der Waals surface area contributed by atoms with Gasteiger partial charge in [0.2, 0.25) is 0 Å². The molecule has 0 aliphatic heterocycles. The Balaban J connectivity index is 3.89. The van der Waals surface area contributed by atoms with Crippen molar-refractivity contribution < 1.29 is 22.3 Å². The highest BCUT2D eigenvalue weighted by Gasteiger charge is 2.41. The van der Waals surface area contributed by atoms with Crippen molar-refractivity contribution in [1.82, 2.24) is 5.32 Å². The first-order chi connectivity index (χ1) is 6.44. The molecule has 6 heteroatoms. The van der Waals surface area contributed by atoms with E-state index in [2.05, 4.69) is 10.1 Å². The second-order valence-corrected chi connectivity index (χ2v) is 2.96. The Hall–Kier alpha value is -0.360. The average molecular weight is 217 g/mol. The van der Waals surface area contributed by atoms with Crippen LogP contribution in [0.2, 0.25) is 0 Å². The molecule has 0 fully saturated rings. The van der Waals surface area contributed by atoms with Gasteiger partial charge in [0.25, 0.3) is 0 Å². The molecule has 0 rings (SSSR count). The smallest absolute Gasteiger partial charge is 0.330 e. The van der Waals surface area contributed by atoms with E-state index in [0.29, 0.717) is 13.0 Å². The zero-order valence-electron chi connectivity index (χ0n) is 8.20. The van der Waals surface area contributed by atoms with Gasteiger partial charge in [0, 0.05) is 6.54 Å². The van der Waals surface area contributed by atoms with E-state index in [1.165, 1.54) is 0 Å². The van der Waals surface area contributed by atoms with Gasteiger partial charge in [-0.2, -0.15) is 8.78 Å². The lowest BCUT2D eigenvalue weighted by molar-refractivity contribution is -0.175. The van der Waals surface area contributed by atoms with Crippen LogP contribution in [0.1, 0.15) is 13.3 Å². The summed E-state index contributed by atoms with van der Waals surface area (Å²) in [5, 5.41) is 2.73. The van der Waals surface area contributed by atoms with E-state index in [1.54, 1.807) is 14.0 Å². The van der Waals surface area contributed by atoms with Gasteiger partial charge in [0.05, 0.1) is 6.10 Å². The number of nitrogens with one attached hydrogen (secondary N) is 1. The normalized spacial score (nSPS) is 14.8. The molecule has 14 heavy (non-hydrogen) atoms. The molecule has 0 aliphatic rings. The topological polar surface area (TPSA) is 21.3 Å². The molecule has 0 aromatic rings. The molecule has 86 valence electrons. The maximum Gasteiger partial charge on any atom is 0.330 e. The monoisotopic (exact) mass is 217 g/mol. The van der Waals surface area contributed by atoms with Crippen LogP contribution in [0.3, 0.4) is 0 Å². The Kier molecular flexibility index (Phi) is 6.03. The molecular formula is C8H15F4NO. The summed E-state index contributed by atoms with van der Waals surface area (Å²) < 4.78 is 52.9. The van der Waals surface area contributed by atoms with Crippen molar-refractivity contribution >= 4 is 0 Å². The molecule has 0 aliphatic carbocycles. The van der Waals surface area contributed by atoms with Crippen LogP contribution in [-0.4, -0.2) is 38.7 Å². The van der Waals surface area contributed by atoms with Gasteiger partial charge in [0.15, 0.2) is 0 Å². The standard InChI is InChI=1S/C8H15F4NO/c1-3-6(4-13-2)14-5-8(11,12)7(9)10/h6-7,13H,3-5H2,1-2H3. The molecule has 0 aromatic carbocycles. The lowest BCUT2D eigenvalue weighted by Crippen LogP contribution is -2.36. The van der Waals surface area contributed by atoms with Crippen LogP contribution in [0.5, 0.6) is 0 Å². The zero-order chi connectivity index (χ0) is 11.2. The molecular weight excluding hydrogens is 202 g/mol. The third-order valence-electron chi connectivity index (χ3n) is 1.72. The predicted molar refractivity (Wildman–Crippen MR) is 44.9 cm³/mol. The van der Waals surface area contributed by atoms with Crippen LogP contribution in [-0.2, 0) is 4.74 Å². The molecule has 1 atom stereocenters. The van der Waals surface area contributed by atoms with Crippen molar-refractivity contribution in [3.05, 3.63) is 0 Å². The molecule has 1 N–H and O–H groups in total.